The Morgan fingerprint density at radius 2 is 1.75 bits per heavy atom. The summed E-state index contributed by atoms with van der Waals surface area (Å²) in [5.41, 5.74) is 2.61. The molecule has 0 saturated carbocycles. The zero-order valence-corrected chi connectivity index (χ0v) is 13.6. The highest BCUT2D eigenvalue weighted by atomic mass is 19.1. The molecule has 1 unspecified atom stereocenters. The average Bonchev–Trinajstić information content (AvgIpc) is 2.55. The molecule has 4 nitrogen and oxygen atoms in total. The first-order valence-corrected chi connectivity index (χ1v) is 7.80. The molecule has 0 aliphatic rings. The van der Waals surface area contributed by atoms with Crippen molar-refractivity contribution in [3.8, 4) is 0 Å². The molecule has 24 heavy (non-hydrogen) atoms. The molecule has 1 aromatic heterocycles. The van der Waals surface area contributed by atoms with Crippen molar-refractivity contribution >= 4 is 17.5 Å². The summed E-state index contributed by atoms with van der Waals surface area (Å²) >= 11 is 0. The fourth-order valence-corrected chi connectivity index (χ4v) is 2.44. The van der Waals surface area contributed by atoms with Crippen LogP contribution in [0.1, 0.15) is 24.2 Å². The van der Waals surface area contributed by atoms with Crippen molar-refractivity contribution in [2.75, 3.05) is 10.6 Å². The van der Waals surface area contributed by atoms with Crippen LogP contribution in [0.2, 0.25) is 0 Å². The lowest BCUT2D eigenvalue weighted by molar-refractivity contribution is 0.628. The van der Waals surface area contributed by atoms with E-state index in [1.165, 1.54) is 17.7 Å². The van der Waals surface area contributed by atoms with E-state index in [1.54, 1.807) is 12.1 Å². The van der Waals surface area contributed by atoms with Crippen LogP contribution in [0.4, 0.5) is 21.8 Å². The second-order valence-electron chi connectivity index (χ2n) is 5.63. The first-order valence-electron chi connectivity index (χ1n) is 7.80. The first kappa shape index (κ1) is 15.9. The molecular formula is C19H19FN4. The topological polar surface area (TPSA) is 49.8 Å². The maximum Gasteiger partial charge on any atom is 0.229 e. The summed E-state index contributed by atoms with van der Waals surface area (Å²) in [6.07, 6.45) is 0. The molecule has 122 valence electrons. The van der Waals surface area contributed by atoms with Crippen LogP contribution in [0.15, 0.2) is 60.7 Å². The highest BCUT2D eigenvalue weighted by Crippen LogP contribution is 2.20. The standard InChI is InChI=1S/C19H19FN4/c1-13-11-18(22-14(2)15-7-4-3-5-8-15)24-19(21-13)23-17-10-6-9-16(20)12-17/h3-12,14H,1-2H3,(H2,21,22,23,24). The lowest BCUT2D eigenvalue weighted by Gasteiger charge is -2.16. The number of hydrogen-bond acceptors (Lipinski definition) is 4. The van der Waals surface area contributed by atoms with Crippen molar-refractivity contribution in [2.24, 2.45) is 0 Å². The number of halogens is 1. The number of nitrogens with one attached hydrogen (secondary N) is 2. The molecule has 0 amide bonds. The van der Waals surface area contributed by atoms with E-state index in [0.717, 1.165) is 11.5 Å². The van der Waals surface area contributed by atoms with Crippen LogP contribution in [0.25, 0.3) is 0 Å². The van der Waals surface area contributed by atoms with Crippen LogP contribution < -0.4 is 10.6 Å². The summed E-state index contributed by atoms with van der Waals surface area (Å²) in [5, 5.41) is 6.41. The summed E-state index contributed by atoms with van der Waals surface area (Å²) in [4.78, 5) is 8.82. The van der Waals surface area contributed by atoms with Crippen molar-refractivity contribution in [1.29, 1.82) is 0 Å². The summed E-state index contributed by atoms with van der Waals surface area (Å²) in [6.45, 7) is 3.98. The van der Waals surface area contributed by atoms with E-state index in [2.05, 4.69) is 39.7 Å². The van der Waals surface area contributed by atoms with Gasteiger partial charge >= 0.3 is 0 Å². The van der Waals surface area contributed by atoms with Crippen molar-refractivity contribution in [2.45, 2.75) is 19.9 Å². The summed E-state index contributed by atoms with van der Waals surface area (Å²) in [5.74, 6) is 0.852. The lowest BCUT2D eigenvalue weighted by atomic mass is 10.1. The molecule has 0 radical (unpaired) electrons. The Bertz CT molecular complexity index is 821. The van der Waals surface area contributed by atoms with Gasteiger partial charge in [-0.25, -0.2) is 9.37 Å². The van der Waals surface area contributed by atoms with Gasteiger partial charge in [0.25, 0.3) is 0 Å². The van der Waals surface area contributed by atoms with Gasteiger partial charge in [-0.2, -0.15) is 4.98 Å². The maximum atomic E-state index is 13.3. The van der Waals surface area contributed by atoms with Gasteiger partial charge in [-0.1, -0.05) is 36.4 Å². The molecule has 1 atom stereocenters. The highest BCUT2D eigenvalue weighted by molar-refractivity contribution is 5.55. The molecule has 3 aromatic rings. The van der Waals surface area contributed by atoms with Crippen LogP contribution in [0.3, 0.4) is 0 Å². The molecule has 2 aromatic carbocycles. The van der Waals surface area contributed by atoms with Gasteiger partial charge in [0.15, 0.2) is 0 Å². The van der Waals surface area contributed by atoms with Crippen LogP contribution >= 0.6 is 0 Å². The van der Waals surface area contributed by atoms with E-state index in [1.807, 2.05) is 31.2 Å². The zero-order valence-electron chi connectivity index (χ0n) is 13.6. The Morgan fingerprint density at radius 1 is 0.958 bits per heavy atom. The number of anilines is 3. The van der Waals surface area contributed by atoms with Crippen LogP contribution in [-0.4, -0.2) is 9.97 Å². The molecular weight excluding hydrogens is 303 g/mol. The quantitative estimate of drug-likeness (QED) is 0.705. The monoisotopic (exact) mass is 322 g/mol. The maximum absolute atomic E-state index is 13.3. The van der Waals surface area contributed by atoms with Gasteiger partial charge in [0.05, 0.1) is 0 Å². The van der Waals surface area contributed by atoms with Crippen LogP contribution in [0, 0.1) is 12.7 Å². The summed E-state index contributed by atoms with van der Waals surface area (Å²) in [7, 11) is 0. The second kappa shape index (κ2) is 7.08. The van der Waals surface area contributed by atoms with Gasteiger partial charge in [-0.3, -0.25) is 0 Å². The Kier molecular flexibility index (Phi) is 4.70. The lowest BCUT2D eigenvalue weighted by Crippen LogP contribution is -2.09. The van der Waals surface area contributed by atoms with Crippen LogP contribution in [-0.2, 0) is 0 Å². The fraction of sp³-hybridized carbons (Fsp3) is 0.158. The molecule has 0 fully saturated rings. The predicted molar refractivity (Wildman–Crippen MR) is 94.9 cm³/mol. The minimum absolute atomic E-state index is 0.113. The number of aromatic nitrogens is 2. The number of aryl methyl sites for hydroxylation is 1. The van der Waals surface area contributed by atoms with E-state index >= 15 is 0 Å². The Hall–Kier alpha value is -2.95. The molecule has 0 bridgehead atoms. The van der Waals surface area contributed by atoms with Gasteiger partial charge in [-0.05, 0) is 37.6 Å². The molecule has 0 aliphatic heterocycles. The normalized spacial score (nSPS) is 11.8. The van der Waals surface area contributed by atoms with Crippen molar-refractivity contribution in [1.82, 2.24) is 9.97 Å². The van der Waals surface area contributed by atoms with E-state index < -0.39 is 0 Å². The molecule has 3 rings (SSSR count). The predicted octanol–water partition coefficient (Wildman–Crippen LogP) is 4.84. The van der Waals surface area contributed by atoms with Crippen molar-refractivity contribution < 1.29 is 4.39 Å². The number of nitrogens with zero attached hydrogens (tertiary/aromatic N) is 2. The Morgan fingerprint density at radius 3 is 2.50 bits per heavy atom. The molecule has 1 heterocycles. The molecule has 0 spiro atoms. The van der Waals surface area contributed by atoms with Gasteiger partial charge in [0.1, 0.15) is 11.6 Å². The summed E-state index contributed by atoms with van der Waals surface area (Å²) < 4.78 is 13.3. The zero-order chi connectivity index (χ0) is 16.9. The molecule has 0 saturated heterocycles. The van der Waals surface area contributed by atoms with Gasteiger partial charge < -0.3 is 10.6 Å². The molecule has 5 heteroatoms. The third-order valence-electron chi connectivity index (χ3n) is 3.60. The van der Waals surface area contributed by atoms with Gasteiger partial charge in [-0.15, -0.1) is 0 Å². The second-order valence-corrected chi connectivity index (χ2v) is 5.63. The van der Waals surface area contributed by atoms with Crippen molar-refractivity contribution in [3.63, 3.8) is 0 Å². The van der Waals surface area contributed by atoms with Crippen molar-refractivity contribution in [3.05, 3.63) is 77.7 Å². The van der Waals surface area contributed by atoms with Gasteiger partial charge in [0.2, 0.25) is 5.95 Å². The Balaban J connectivity index is 1.79. The third kappa shape index (κ3) is 4.07. The number of hydrogen-bond donors (Lipinski definition) is 2. The SMILES string of the molecule is Cc1cc(NC(C)c2ccccc2)nc(Nc2cccc(F)c2)n1. The largest absolute Gasteiger partial charge is 0.363 e. The Labute approximate surface area is 140 Å². The fourth-order valence-electron chi connectivity index (χ4n) is 2.44. The molecule has 0 aliphatic carbocycles. The first-order chi connectivity index (χ1) is 11.6. The number of rotatable bonds is 5. The average molecular weight is 322 g/mol. The minimum Gasteiger partial charge on any atom is -0.363 e. The summed E-state index contributed by atoms with van der Waals surface area (Å²) in [6, 6.07) is 18.4. The third-order valence-corrected chi connectivity index (χ3v) is 3.60. The van der Waals surface area contributed by atoms with E-state index in [-0.39, 0.29) is 11.9 Å². The van der Waals surface area contributed by atoms with Gasteiger partial charge in [0, 0.05) is 23.5 Å². The van der Waals surface area contributed by atoms with E-state index in [9.17, 15) is 4.39 Å². The smallest absolute Gasteiger partial charge is 0.229 e. The number of benzene rings is 2. The minimum atomic E-state index is -0.302. The highest BCUT2D eigenvalue weighted by Gasteiger charge is 2.08. The molecule has 2 N–H and O–H groups in total. The van der Waals surface area contributed by atoms with E-state index in [0.29, 0.717) is 11.6 Å². The van der Waals surface area contributed by atoms with Crippen LogP contribution in [0.5, 0.6) is 0 Å². The van der Waals surface area contributed by atoms with E-state index in [4.69, 9.17) is 0 Å².